The highest BCUT2D eigenvalue weighted by molar-refractivity contribution is 9.11. The van der Waals surface area contributed by atoms with Gasteiger partial charge in [0.2, 0.25) is 0 Å². The first-order valence-corrected chi connectivity index (χ1v) is 10.7. The minimum Gasteiger partial charge on any atom is -0.456 e. The Labute approximate surface area is 191 Å². The second-order valence-electron chi connectivity index (χ2n) is 6.33. The van der Waals surface area contributed by atoms with Gasteiger partial charge in [0, 0.05) is 16.5 Å². The molecule has 4 nitrogen and oxygen atoms in total. The fourth-order valence-electron chi connectivity index (χ4n) is 2.55. The first-order chi connectivity index (χ1) is 13.9. The average molecular weight is 540 g/mol. The van der Waals surface area contributed by atoms with Gasteiger partial charge in [0.15, 0.2) is 0 Å². The van der Waals surface area contributed by atoms with E-state index < -0.39 is 6.09 Å². The molecule has 0 unspecified atom stereocenters. The van der Waals surface area contributed by atoms with Crippen molar-refractivity contribution < 1.29 is 14.3 Å². The van der Waals surface area contributed by atoms with Crippen LogP contribution in [-0.2, 0) is 17.9 Å². The Bertz CT molecular complexity index is 999. The molecule has 29 heavy (non-hydrogen) atoms. The van der Waals surface area contributed by atoms with Gasteiger partial charge in [-0.05, 0) is 57.4 Å². The van der Waals surface area contributed by atoms with Crippen molar-refractivity contribution in [2.75, 3.05) is 7.05 Å². The topological polar surface area (TPSA) is 38.8 Å². The fraction of sp³-hybridized carbons (Fsp3) is 0.136. The highest BCUT2D eigenvalue weighted by Gasteiger charge is 2.14. The molecule has 0 aliphatic carbocycles. The number of halogens is 3. The molecule has 0 heterocycles. The van der Waals surface area contributed by atoms with Crippen LogP contribution >= 0.6 is 43.5 Å². The lowest BCUT2D eigenvalue weighted by Crippen LogP contribution is -2.27. The standard InChI is InChI=1S/C22H18Br2ClNO3/c1-26(22(27)28-14-15-5-3-2-4-6-15)13-16-7-9-18(12-20(16)25)29-21-10-8-17(23)11-19(21)24/h2-12H,13-14H2,1H3. The van der Waals surface area contributed by atoms with Crippen molar-refractivity contribution in [1.29, 1.82) is 0 Å². The minimum atomic E-state index is -0.413. The van der Waals surface area contributed by atoms with E-state index in [4.69, 9.17) is 21.1 Å². The molecule has 0 N–H and O–H groups in total. The summed E-state index contributed by atoms with van der Waals surface area (Å²) in [5, 5.41) is 0.512. The van der Waals surface area contributed by atoms with E-state index in [-0.39, 0.29) is 6.61 Å². The summed E-state index contributed by atoms with van der Waals surface area (Å²) in [5.41, 5.74) is 1.74. The van der Waals surface area contributed by atoms with Crippen molar-refractivity contribution in [2.24, 2.45) is 0 Å². The number of carbonyl (C=O) groups excluding carboxylic acids is 1. The zero-order valence-corrected chi connectivity index (χ0v) is 19.5. The van der Waals surface area contributed by atoms with Gasteiger partial charge in [-0.25, -0.2) is 4.79 Å². The van der Waals surface area contributed by atoms with E-state index in [1.807, 2.05) is 60.7 Å². The molecule has 0 bridgehead atoms. The summed E-state index contributed by atoms with van der Waals surface area (Å²) in [5.74, 6) is 1.29. The molecule has 0 saturated carbocycles. The molecule has 150 valence electrons. The third-order valence-corrected chi connectivity index (χ3v) is 5.54. The van der Waals surface area contributed by atoms with Crippen LogP contribution < -0.4 is 4.74 Å². The SMILES string of the molecule is CN(Cc1ccc(Oc2ccc(Br)cc2Br)cc1Cl)C(=O)OCc1ccccc1. The monoisotopic (exact) mass is 537 g/mol. The third kappa shape index (κ3) is 6.23. The number of hydrogen-bond donors (Lipinski definition) is 0. The number of amides is 1. The summed E-state index contributed by atoms with van der Waals surface area (Å²) in [6, 6.07) is 20.6. The Kier molecular flexibility index (Phi) is 7.58. The largest absolute Gasteiger partial charge is 0.456 e. The quantitative estimate of drug-likeness (QED) is 0.327. The van der Waals surface area contributed by atoms with E-state index in [0.717, 1.165) is 20.1 Å². The van der Waals surface area contributed by atoms with Crippen LogP contribution in [0.4, 0.5) is 4.79 Å². The van der Waals surface area contributed by atoms with Crippen LogP contribution in [0.5, 0.6) is 11.5 Å². The van der Waals surface area contributed by atoms with Crippen molar-refractivity contribution >= 4 is 49.6 Å². The highest BCUT2D eigenvalue weighted by atomic mass is 79.9. The van der Waals surface area contributed by atoms with Gasteiger partial charge in [0.05, 0.1) is 11.0 Å². The Balaban J connectivity index is 1.60. The van der Waals surface area contributed by atoms with Crippen LogP contribution in [0.1, 0.15) is 11.1 Å². The first kappa shape index (κ1) is 21.7. The van der Waals surface area contributed by atoms with E-state index in [9.17, 15) is 4.79 Å². The molecule has 7 heteroatoms. The number of carbonyl (C=O) groups is 1. The molecule has 0 fully saturated rings. The Morgan fingerprint density at radius 2 is 1.79 bits per heavy atom. The maximum Gasteiger partial charge on any atom is 0.410 e. The van der Waals surface area contributed by atoms with Crippen LogP contribution in [0, 0.1) is 0 Å². The van der Waals surface area contributed by atoms with Gasteiger partial charge in [0.1, 0.15) is 18.1 Å². The normalized spacial score (nSPS) is 10.5. The lowest BCUT2D eigenvalue weighted by molar-refractivity contribution is 0.103. The van der Waals surface area contributed by atoms with E-state index in [2.05, 4.69) is 31.9 Å². The molecule has 0 aromatic heterocycles. The first-order valence-electron chi connectivity index (χ1n) is 8.75. The molecular weight excluding hydrogens is 522 g/mol. The van der Waals surface area contributed by atoms with Gasteiger partial charge in [-0.3, -0.25) is 0 Å². The average Bonchev–Trinajstić information content (AvgIpc) is 2.71. The second-order valence-corrected chi connectivity index (χ2v) is 8.50. The summed E-state index contributed by atoms with van der Waals surface area (Å²) < 4.78 is 13.0. The Morgan fingerprint density at radius 1 is 1.03 bits per heavy atom. The van der Waals surface area contributed by atoms with E-state index in [1.54, 1.807) is 13.1 Å². The Morgan fingerprint density at radius 3 is 2.48 bits per heavy atom. The van der Waals surface area contributed by atoms with E-state index >= 15 is 0 Å². The molecule has 0 spiro atoms. The predicted molar refractivity (Wildman–Crippen MR) is 121 cm³/mol. The van der Waals surface area contributed by atoms with Gasteiger partial charge in [-0.1, -0.05) is 63.9 Å². The summed E-state index contributed by atoms with van der Waals surface area (Å²) >= 11 is 13.3. The Hall–Kier alpha value is -2.02. The van der Waals surface area contributed by atoms with Crippen molar-refractivity contribution in [1.82, 2.24) is 4.90 Å². The van der Waals surface area contributed by atoms with Crippen molar-refractivity contribution in [3.63, 3.8) is 0 Å². The maximum absolute atomic E-state index is 12.2. The molecule has 3 aromatic rings. The summed E-state index contributed by atoms with van der Waals surface area (Å²) in [6.07, 6.45) is -0.413. The lowest BCUT2D eigenvalue weighted by atomic mass is 10.2. The van der Waals surface area contributed by atoms with Crippen molar-refractivity contribution in [3.05, 3.63) is 91.8 Å². The van der Waals surface area contributed by atoms with E-state index in [0.29, 0.717) is 23.1 Å². The molecule has 3 rings (SSSR count). The van der Waals surface area contributed by atoms with Crippen LogP contribution in [0.15, 0.2) is 75.7 Å². The second kappa shape index (κ2) is 10.1. The molecular formula is C22H18Br2ClNO3. The molecule has 0 aliphatic heterocycles. The zero-order chi connectivity index (χ0) is 20.8. The number of benzene rings is 3. The smallest absolute Gasteiger partial charge is 0.410 e. The molecule has 0 atom stereocenters. The van der Waals surface area contributed by atoms with Gasteiger partial charge >= 0.3 is 6.09 Å². The van der Waals surface area contributed by atoms with E-state index in [1.165, 1.54) is 4.90 Å². The van der Waals surface area contributed by atoms with Crippen molar-refractivity contribution in [3.8, 4) is 11.5 Å². The summed E-state index contributed by atoms with van der Waals surface area (Å²) in [6.45, 7) is 0.557. The maximum atomic E-state index is 12.2. The number of ether oxygens (including phenoxy) is 2. The number of nitrogens with zero attached hydrogens (tertiary/aromatic N) is 1. The number of hydrogen-bond acceptors (Lipinski definition) is 3. The van der Waals surface area contributed by atoms with Gasteiger partial charge in [-0.15, -0.1) is 0 Å². The van der Waals surface area contributed by atoms with Crippen LogP contribution in [0.3, 0.4) is 0 Å². The summed E-state index contributed by atoms with van der Waals surface area (Å²) in [7, 11) is 1.67. The minimum absolute atomic E-state index is 0.229. The fourth-order valence-corrected chi connectivity index (χ4v) is 3.91. The van der Waals surface area contributed by atoms with Crippen LogP contribution in [0.2, 0.25) is 5.02 Å². The highest BCUT2D eigenvalue weighted by Crippen LogP contribution is 2.33. The summed E-state index contributed by atoms with van der Waals surface area (Å²) in [4.78, 5) is 13.7. The van der Waals surface area contributed by atoms with Gasteiger partial charge in [0.25, 0.3) is 0 Å². The molecule has 1 amide bonds. The lowest BCUT2D eigenvalue weighted by Gasteiger charge is -2.18. The number of rotatable bonds is 6. The third-order valence-electron chi connectivity index (χ3n) is 4.07. The van der Waals surface area contributed by atoms with Gasteiger partial charge < -0.3 is 14.4 Å². The molecule has 0 saturated heterocycles. The molecule has 0 radical (unpaired) electrons. The molecule has 0 aliphatic rings. The molecule has 3 aromatic carbocycles. The van der Waals surface area contributed by atoms with Gasteiger partial charge in [-0.2, -0.15) is 0 Å². The van der Waals surface area contributed by atoms with Crippen molar-refractivity contribution in [2.45, 2.75) is 13.2 Å². The predicted octanol–water partition coefficient (Wildman–Crippen LogP) is 7.43. The zero-order valence-electron chi connectivity index (χ0n) is 15.6. The van der Waals surface area contributed by atoms with Crippen LogP contribution in [0.25, 0.3) is 0 Å². The van der Waals surface area contributed by atoms with Crippen LogP contribution in [-0.4, -0.2) is 18.0 Å².